The molecule has 0 radical (unpaired) electrons. The van der Waals surface area contributed by atoms with Gasteiger partial charge in [0.2, 0.25) is 0 Å². The van der Waals surface area contributed by atoms with Gasteiger partial charge >= 0.3 is 11.9 Å². The Balaban J connectivity index is 4.80. The minimum atomic E-state index is -1.26. The highest BCUT2D eigenvalue weighted by Gasteiger charge is 2.49. The number of carboxylic acid groups (broad SMARTS) is 2. The molecule has 0 aliphatic heterocycles. The van der Waals surface area contributed by atoms with Crippen LogP contribution in [0.25, 0.3) is 0 Å². The van der Waals surface area contributed by atoms with E-state index in [-0.39, 0.29) is 12.8 Å². The molecule has 0 aromatic heterocycles. The largest absolute Gasteiger partial charge is 0.481 e. The molecule has 1 atom stereocenters. The molecule has 19 heavy (non-hydrogen) atoms. The summed E-state index contributed by atoms with van der Waals surface area (Å²) in [5.41, 5.74) is -2.46. The van der Waals surface area contributed by atoms with Gasteiger partial charge in [-0.3, -0.25) is 9.59 Å². The van der Waals surface area contributed by atoms with E-state index in [1.54, 1.807) is 6.92 Å². The maximum absolute atomic E-state index is 11.3. The van der Waals surface area contributed by atoms with Crippen LogP contribution in [0.5, 0.6) is 0 Å². The second kappa shape index (κ2) is 7.45. The van der Waals surface area contributed by atoms with Crippen LogP contribution in [-0.4, -0.2) is 34.4 Å². The molecule has 0 aliphatic rings. The summed E-state index contributed by atoms with van der Waals surface area (Å²) in [5, 5.41) is 18.0. The zero-order valence-corrected chi connectivity index (χ0v) is 12.1. The third kappa shape index (κ3) is 5.16. The lowest BCUT2D eigenvalue weighted by atomic mass is 9.73. The fraction of sp³-hybridized carbons (Fsp3) is 0.846. The molecule has 0 aliphatic carbocycles. The van der Waals surface area contributed by atoms with Crippen LogP contribution in [0.1, 0.15) is 53.4 Å². The molecular weight excluding hydrogens is 252 g/mol. The predicted molar refractivity (Wildman–Crippen MR) is 68.6 cm³/mol. The number of aliphatic carboxylic acids is 2. The molecule has 0 rings (SSSR count). The molecular formula is C13H24O6. The maximum atomic E-state index is 11.3. The molecule has 0 fully saturated rings. The van der Waals surface area contributed by atoms with Crippen LogP contribution in [0.15, 0.2) is 0 Å². The Morgan fingerprint density at radius 1 is 1.16 bits per heavy atom. The zero-order chi connectivity index (χ0) is 15.1. The molecule has 6 heteroatoms. The molecule has 0 amide bonds. The van der Waals surface area contributed by atoms with E-state index in [9.17, 15) is 14.7 Å². The summed E-state index contributed by atoms with van der Waals surface area (Å²) in [6.45, 7) is 6.92. The van der Waals surface area contributed by atoms with Gasteiger partial charge in [0.1, 0.15) is 5.60 Å². The van der Waals surface area contributed by atoms with Gasteiger partial charge in [0.15, 0.2) is 0 Å². The van der Waals surface area contributed by atoms with E-state index >= 15 is 0 Å². The number of rotatable bonds is 10. The Morgan fingerprint density at radius 2 is 1.74 bits per heavy atom. The number of carbonyl (C=O) groups is 2. The van der Waals surface area contributed by atoms with Gasteiger partial charge in [-0.05, 0) is 33.6 Å². The first-order valence-corrected chi connectivity index (χ1v) is 6.43. The lowest BCUT2D eigenvalue weighted by Crippen LogP contribution is -2.49. The van der Waals surface area contributed by atoms with E-state index < -0.39 is 23.0 Å². The third-order valence-electron chi connectivity index (χ3n) is 3.50. The van der Waals surface area contributed by atoms with Crippen molar-refractivity contribution < 1.29 is 29.6 Å². The van der Waals surface area contributed by atoms with Crippen molar-refractivity contribution in [1.82, 2.24) is 0 Å². The Morgan fingerprint density at radius 3 is 2.16 bits per heavy atom. The van der Waals surface area contributed by atoms with Crippen LogP contribution in [0.2, 0.25) is 0 Å². The Kier molecular flexibility index (Phi) is 7.00. The average Bonchev–Trinajstić information content (AvgIpc) is 2.31. The van der Waals surface area contributed by atoms with Crippen LogP contribution < -0.4 is 0 Å². The lowest BCUT2D eigenvalue weighted by molar-refractivity contribution is -0.378. The van der Waals surface area contributed by atoms with Crippen LogP contribution in [0.3, 0.4) is 0 Å². The molecule has 0 saturated heterocycles. The highest BCUT2D eigenvalue weighted by Crippen LogP contribution is 2.38. The molecule has 1 unspecified atom stereocenters. The standard InChI is InChI=1S/C13H24O6/c1-5-6-9-18-19-13(4,8-7-10(14)15)12(2,3)11(16)17/h5-9H2,1-4H3,(H,14,15)(H,16,17). The van der Waals surface area contributed by atoms with Crippen molar-refractivity contribution in [3.8, 4) is 0 Å². The molecule has 0 aromatic carbocycles. The van der Waals surface area contributed by atoms with Gasteiger partial charge in [0.05, 0.1) is 12.0 Å². The summed E-state index contributed by atoms with van der Waals surface area (Å²) in [6, 6.07) is 0. The lowest BCUT2D eigenvalue weighted by Gasteiger charge is -2.39. The second-order valence-corrected chi connectivity index (χ2v) is 5.31. The molecule has 112 valence electrons. The minimum Gasteiger partial charge on any atom is -0.481 e. The maximum Gasteiger partial charge on any atom is 0.312 e. The number of unbranched alkanes of at least 4 members (excludes halogenated alkanes) is 1. The molecule has 2 N–H and O–H groups in total. The van der Waals surface area contributed by atoms with Gasteiger partial charge in [0, 0.05) is 6.42 Å². The fourth-order valence-electron chi connectivity index (χ4n) is 1.40. The van der Waals surface area contributed by atoms with Gasteiger partial charge in [0.25, 0.3) is 0 Å². The van der Waals surface area contributed by atoms with Crippen molar-refractivity contribution in [2.24, 2.45) is 5.41 Å². The highest BCUT2D eigenvalue weighted by molar-refractivity contribution is 5.75. The van der Waals surface area contributed by atoms with Crippen molar-refractivity contribution >= 4 is 11.9 Å². The van der Waals surface area contributed by atoms with E-state index in [2.05, 4.69) is 0 Å². The van der Waals surface area contributed by atoms with Gasteiger partial charge in [-0.1, -0.05) is 13.3 Å². The predicted octanol–water partition coefficient (Wildman–Crippen LogP) is 2.47. The first-order chi connectivity index (χ1) is 8.67. The van der Waals surface area contributed by atoms with E-state index in [0.717, 1.165) is 12.8 Å². The van der Waals surface area contributed by atoms with E-state index in [0.29, 0.717) is 6.61 Å². The summed E-state index contributed by atoms with van der Waals surface area (Å²) in [5.74, 6) is -2.05. The minimum absolute atomic E-state index is 0.0633. The zero-order valence-electron chi connectivity index (χ0n) is 12.1. The van der Waals surface area contributed by atoms with E-state index in [1.807, 2.05) is 6.92 Å². The Labute approximate surface area is 113 Å². The summed E-state index contributed by atoms with van der Waals surface area (Å²) >= 11 is 0. The average molecular weight is 276 g/mol. The Bertz CT molecular complexity index is 312. The SMILES string of the molecule is CCCCOOC(C)(CCC(=O)O)C(C)(C)C(=O)O. The van der Waals surface area contributed by atoms with Crippen LogP contribution in [0, 0.1) is 5.41 Å². The summed E-state index contributed by atoms with van der Waals surface area (Å²) in [7, 11) is 0. The van der Waals surface area contributed by atoms with Crippen molar-refractivity contribution in [3.05, 3.63) is 0 Å². The summed E-state index contributed by atoms with van der Waals surface area (Å²) in [4.78, 5) is 32.3. The van der Waals surface area contributed by atoms with Crippen LogP contribution in [0.4, 0.5) is 0 Å². The number of hydrogen-bond donors (Lipinski definition) is 2. The first-order valence-electron chi connectivity index (χ1n) is 6.43. The van der Waals surface area contributed by atoms with Crippen LogP contribution in [-0.2, 0) is 19.4 Å². The normalized spacial score (nSPS) is 14.9. The van der Waals surface area contributed by atoms with Crippen molar-refractivity contribution in [2.75, 3.05) is 6.61 Å². The first kappa shape index (κ1) is 17.9. The monoisotopic (exact) mass is 276 g/mol. The van der Waals surface area contributed by atoms with Gasteiger partial charge in [-0.2, -0.15) is 0 Å². The third-order valence-corrected chi connectivity index (χ3v) is 3.50. The van der Waals surface area contributed by atoms with Crippen molar-refractivity contribution in [2.45, 2.75) is 59.0 Å². The smallest absolute Gasteiger partial charge is 0.312 e. The molecule has 0 heterocycles. The van der Waals surface area contributed by atoms with Gasteiger partial charge in [-0.15, -0.1) is 0 Å². The molecule has 6 nitrogen and oxygen atoms in total. The molecule has 0 saturated carbocycles. The topological polar surface area (TPSA) is 93.1 Å². The quantitative estimate of drug-likeness (QED) is 0.362. The Hall–Kier alpha value is -1.14. The van der Waals surface area contributed by atoms with E-state index in [4.69, 9.17) is 14.9 Å². The molecule has 0 bridgehead atoms. The highest BCUT2D eigenvalue weighted by atomic mass is 17.2. The number of hydrogen-bond acceptors (Lipinski definition) is 4. The fourth-order valence-corrected chi connectivity index (χ4v) is 1.40. The number of carboxylic acids is 2. The summed E-state index contributed by atoms with van der Waals surface area (Å²) < 4.78 is 0. The van der Waals surface area contributed by atoms with Crippen molar-refractivity contribution in [3.63, 3.8) is 0 Å². The second-order valence-electron chi connectivity index (χ2n) is 5.31. The summed E-state index contributed by atoms with van der Waals surface area (Å²) in [6.07, 6.45) is 1.61. The van der Waals surface area contributed by atoms with Gasteiger partial charge in [-0.25, -0.2) is 9.78 Å². The van der Waals surface area contributed by atoms with Crippen molar-refractivity contribution in [1.29, 1.82) is 0 Å². The van der Waals surface area contributed by atoms with Crippen LogP contribution >= 0.6 is 0 Å². The van der Waals surface area contributed by atoms with E-state index in [1.165, 1.54) is 13.8 Å². The molecule has 0 spiro atoms. The molecule has 0 aromatic rings. The van der Waals surface area contributed by atoms with Gasteiger partial charge < -0.3 is 10.2 Å².